The average molecular weight is 379 g/mol. The smallest absolute Gasteiger partial charge is 0.277 e. The summed E-state index contributed by atoms with van der Waals surface area (Å²) < 4.78 is 20.2. The van der Waals surface area contributed by atoms with Crippen molar-refractivity contribution in [1.29, 1.82) is 0 Å². The first-order chi connectivity index (χ1) is 13.7. The fourth-order valence-electron chi connectivity index (χ4n) is 2.27. The Labute approximate surface area is 161 Å². The van der Waals surface area contributed by atoms with E-state index in [4.69, 9.17) is 4.74 Å². The number of carbonyl (C=O) groups is 1. The van der Waals surface area contributed by atoms with E-state index in [2.05, 4.69) is 20.8 Å². The van der Waals surface area contributed by atoms with Crippen LogP contribution in [0.5, 0.6) is 5.75 Å². The molecule has 1 aromatic heterocycles. The van der Waals surface area contributed by atoms with E-state index in [-0.39, 0.29) is 12.4 Å². The summed E-state index contributed by atoms with van der Waals surface area (Å²) in [5.41, 5.74) is 4.08. The Hall–Kier alpha value is -3.81. The number of ether oxygens (including phenoxy) is 1. The summed E-state index contributed by atoms with van der Waals surface area (Å²) in [4.78, 5) is 11.6. The van der Waals surface area contributed by atoms with Gasteiger partial charge in [0.05, 0.1) is 12.7 Å². The zero-order chi connectivity index (χ0) is 19.6. The van der Waals surface area contributed by atoms with Gasteiger partial charge in [-0.25, -0.2) is 14.5 Å². The molecule has 142 valence electrons. The predicted octanol–water partition coefficient (Wildman–Crippen LogP) is 2.66. The van der Waals surface area contributed by atoms with Gasteiger partial charge in [-0.2, -0.15) is 5.10 Å². The molecular formula is C20H18FN5O2. The third-order valence-electron chi connectivity index (χ3n) is 3.56. The van der Waals surface area contributed by atoms with Gasteiger partial charge in [0.2, 0.25) is 0 Å². The Morgan fingerprint density at radius 1 is 1.18 bits per heavy atom. The Kier molecular flexibility index (Phi) is 6.62. The summed E-state index contributed by atoms with van der Waals surface area (Å²) in [6.45, 7) is 0.295. The molecule has 0 aliphatic carbocycles. The molecule has 1 heterocycles. The molecule has 8 heteroatoms. The monoisotopic (exact) mass is 379 g/mol. The van der Waals surface area contributed by atoms with Gasteiger partial charge in [-0.05, 0) is 29.8 Å². The average Bonchev–Trinajstić information content (AvgIpc) is 3.15. The molecule has 3 rings (SSSR count). The Bertz CT molecular complexity index is 969. The maximum absolute atomic E-state index is 13.4. The normalized spacial score (nSPS) is 11.2. The third-order valence-corrected chi connectivity index (χ3v) is 3.56. The van der Waals surface area contributed by atoms with E-state index in [0.717, 1.165) is 5.56 Å². The highest BCUT2D eigenvalue weighted by atomic mass is 19.1. The number of carbonyl (C=O) groups excluding carboxylic acids is 1. The summed E-state index contributed by atoms with van der Waals surface area (Å²) >= 11 is 0. The van der Waals surface area contributed by atoms with E-state index in [1.807, 2.05) is 30.3 Å². The molecule has 0 unspecified atom stereocenters. The van der Waals surface area contributed by atoms with Crippen molar-refractivity contribution in [2.24, 2.45) is 5.10 Å². The van der Waals surface area contributed by atoms with Crippen molar-refractivity contribution in [2.75, 3.05) is 6.61 Å². The molecule has 0 bridgehead atoms. The maximum atomic E-state index is 13.4. The first-order valence-corrected chi connectivity index (χ1v) is 8.50. The Morgan fingerprint density at radius 2 is 1.96 bits per heavy atom. The molecule has 2 aromatic carbocycles. The SMILES string of the molecule is O=C(COc1ccccc1F)N/N=C\C=C\c1cn(Cc2ccccc2)nn1. The van der Waals surface area contributed by atoms with Gasteiger partial charge in [0.1, 0.15) is 5.69 Å². The highest BCUT2D eigenvalue weighted by Crippen LogP contribution is 2.14. The lowest BCUT2D eigenvalue weighted by Gasteiger charge is -2.05. The summed E-state index contributed by atoms with van der Waals surface area (Å²) in [6, 6.07) is 15.8. The van der Waals surface area contributed by atoms with Crippen LogP contribution >= 0.6 is 0 Å². The maximum Gasteiger partial charge on any atom is 0.277 e. The van der Waals surface area contributed by atoms with Crippen molar-refractivity contribution in [3.8, 4) is 5.75 Å². The predicted molar refractivity (Wildman–Crippen MR) is 103 cm³/mol. The Balaban J connectivity index is 1.41. The number of allylic oxidation sites excluding steroid dienone is 1. The lowest BCUT2D eigenvalue weighted by Crippen LogP contribution is -2.24. The fourth-order valence-corrected chi connectivity index (χ4v) is 2.27. The van der Waals surface area contributed by atoms with E-state index in [1.165, 1.54) is 18.3 Å². The van der Waals surface area contributed by atoms with Crippen LogP contribution in [0, 0.1) is 5.82 Å². The van der Waals surface area contributed by atoms with Gasteiger partial charge in [-0.3, -0.25) is 4.79 Å². The summed E-state index contributed by atoms with van der Waals surface area (Å²) in [6.07, 6.45) is 6.53. The first kappa shape index (κ1) is 19.0. The van der Waals surface area contributed by atoms with Crippen molar-refractivity contribution >= 4 is 18.2 Å². The number of halogens is 1. The van der Waals surface area contributed by atoms with Crippen LogP contribution < -0.4 is 10.2 Å². The van der Waals surface area contributed by atoms with Crippen molar-refractivity contribution in [2.45, 2.75) is 6.54 Å². The van der Waals surface area contributed by atoms with Crippen LogP contribution in [-0.2, 0) is 11.3 Å². The van der Waals surface area contributed by atoms with Gasteiger partial charge in [0.25, 0.3) is 5.91 Å². The first-order valence-electron chi connectivity index (χ1n) is 8.50. The highest BCUT2D eigenvalue weighted by Gasteiger charge is 2.05. The van der Waals surface area contributed by atoms with Crippen LogP contribution in [0.3, 0.4) is 0 Å². The van der Waals surface area contributed by atoms with Gasteiger partial charge in [0.15, 0.2) is 18.2 Å². The van der Waals surface area contributed by atoms with E-state index < -0.39 is 11.7 Å². The number of aromatic nitrogens is 3. The van der Waals surface area contributed by atoms with Crippen LogP contribution in [0.25, 0.3) is 6.08 Å². The number of rotatable bonds is 8. The number of hydrazone groups is 1. The minimum Gasteiger partial charge on any atom is -0.481 e. The van der Waals surface area contributed by atoms with E-state index in [0.29, 0.717) is 12.2 Å². The number of hydrogen-bond donors (Lipinski definition) is 1. The molecule has 0 saturated carbocycles. The molecule has 0 aliphatic rings. The molecule has 0 aliphatic heterocycles. The molecule has 0 spiro atoms. The molecular weight excluding hydrogens is 361 g/mol. The van der Waals surface area contributed by atoms with Crippen LogP contribution in [0.1, 0.15) is 11.3 Å². The second kappa shape index (κ2) is 9.77. The number of nitrogens with one attached hydrogen (secondary N) is 1. The third kappa shape index (κ3) is 5.87. The van der Waals surface area contributed by atoms with E-state index >= 15 is 0 Å². The Morgan fingerprint density at radius 3 is 2.79 bits per heavy atom. The summed E-state index contributed by atoms with van der Waals surface area (Å²) in [5, 5.41) is 11.8. The molecule has 0 fully saturated rings. The van der Waals surface area contributed by atoms with Crippen LogP contribution in [0.4, 0.5) is 4.39 Å². The molecule has 3 aromatic rings. The lowest BCUT2D eigenvalue weighted by molar-refractivity contribution is -0.123. The summed E-state index contributed by atoms with van der Waals surface area (Å²) in [5.74, 6) is -1.01. The largest absolute Gasteiger partial charge is 0.481 e. The van der Waals surface area contributed by atoms with Crippen molar-refractivity contribution in [1.82, 2.24) is 20.4 Å². The molecule has 1 amide bonds. The number of hydrogen-bond acceptors (Lipinski definition) is 5. The molecule has 0 radical (unpaired) electrons. The number of nitrogens with zero attached hydrogens (tertiary/aromatic N) is 4. The van der Waals surface area contributed by atoms with Crippen molar-refractivity contribution < 1.29 is 13.9 Å². The van der Waals surface area contributed by atoms with Crippen molar-refractivity contribution in [3.63, 3.8) is 0 Å². The lowest BCUT2D eigenvalue weighted by atomic mass is 10.2. The van der Waals surface area contributed by atoms with E-state index in [9.17, 15) is 9.18 Å². The number of para-hydroxylation sites is 1. The van der Waals surface area contributed by atoms with Gasteiger partial charge >= 0.3 is 0 Å². The molecule has 7 nitrogen and oxygen atoms in total. The van der Waals surface area contributed by atoms with Gasteiger partial charge in [-0.1, -0.05) is 47.7 Å². The van der Waals surface area contributed by atoms with Gasteiger partial charge in [-0.15, -0.1) is 5.10 Å². The number of amides is 1. The zero-order valence-electron chi connectivity index (χ0n) is 14.9. The van der Waals surface area contributed by atoms with Crippen LogP contribution in [-0.4, -0.2) is 33.7 Å². The van der Waals surface area contributed by atoms with Crippen LogP contribution in [0.2, 0.25) is 0 Å². The second-order valence-electron chi connectivity index (χ2n) is 5.72. The molecule has 28 heavy (non-hydrogen) atoms. The summed E-state index contributed by atoms with van der Waals surface area (Å²) in [7, 11) is 0. The molecule has 0 atom stereocenters. The van der Waals surface area contributed by atoms with Crippen LogP contribution in [0.15, 0.2) is 72.0 Å². The molecule has 0 saturated heterocycles. The topological polar surface area (TPSA) is 81.4 Å². The quantitative estimate of drug-likeness (QED) is 0.482. The molecule has 1 N–H and O–H groups in total. The fraction of sp³-hybridized carbons (Fsp3) is 0.100. The highest BCUT2D eigenvalue weighted by molar-refractivity contribution is 5.81. The van der Waals surface area contributed by atoms with Gasteiger partial charge < -0.3 is 4.74 Å². The number of benzene rings is 2. The van der Waals surface area contributed by atoms with E-state index in [1.54, 1.807) is 35.2 Å². The van der Waals surface area contributed by atoms with Gasteiger partial charge in [0, 0.05) is 6.21 Å². The standard InChI is InChI=1S/C20H18FN5O2/c21-18-10-4-5-11-19(18)28-15-20(27)24-22-12-6-9-17-14-26(25-23-17)13-16-7-2-1-3-8-16/h1-12,14H,13,15H2,(H,24,27)/b9-6+,22-12-. The zero-order valence-corrected chi connectivity index (χ0v) is 14.9. The van der Waals surface area contributed by atoms with Crippen molar-refractivity contribution in [3.05, 3.63) is 83.9 Å². The minimum absolute atomic E-state index is 0.0140. The minimum atomic E-state index is -0.526. The second-order valence-corrected chi connectivity index (χ2v) is 5.72.